The van der Waals surface area contributed by atoms with Crippen LogP contribution in [0.25, 0.3) is 0 Å². The summed E-state index contributed by atoms with van der Waals surface area (Å²) in [6.45, 7) is 7.43. The Hall–Kier alpha value is -1.46. The molecule has 0 aliphatic heterocycles. The Morgan fingerprint density at radius 2 is 1.96 bits per heavy atom. The molecule has 0 aliphatic carbocycles. The number of methoxy groups -OCH3 is 1. The van der Waals surface area contributed by atoms with Gasteiger partial charge in [-0.3, -0.25) is 4.79 Å². The Morgan fingerprint density at radius 3 is 2.54 bits per heavy atom. The van der Waals surface area contributed by atoms with Gasteiger partial charge in [0.2, 0.25) is 5.91 Å². The van der Waals surface area contributed by atoms with Crippen molar-refractivity contribution in [1.29, 1.82) is 0 Å². The topological polar surface area (TPSA) is 73.6 Å². The SMILES string of the molecule is CCCC(N)C(=O)NCc1ccc(OCCC(C)C)c(OC)c1.Cl. The van der Waals surface area contributed by atoms with Crippen molar-refractivity contribution in [3.63, 3.8) is 0 Å². The number of ether oxygens (including phenoxy) is 2. The first-order chi connectivity index (χ1) is 11.0. The predicted octanol–water partition coefficient (Wildman–Crippen LogP) is 3.29. The molecule has 0 heterocycles. The van der Waals surface area contributed by atoms with E-state index in [9.17, 15) is 4.79 Å². The van der Waals surface area contributed by atoms with Gasteiger partial charge in [-0.15, -0.1) is 12.4 Å². The average molecular weight is 359 g/mol. The molecule has 0 saturated carbocycles. The first kappa shape index (κ1) is 22.5. The highest BCUT2D eigenvalue weighted by Crippen LogP contribution is 2.28. The van der Waals surface area contributed by atoms with Gasteiger partial charge in [-0.05, 0) is 36.5 Å². The second-order valence-electron chi connectivity index (χ2n) is 6.13. The molecule has 5 nitrogen and oxygen atoms in total. The lowest BCUT2D eigenvalue weighted by molar-refractivity contribution is -0.122. The molecular weight excluding hydrogens is 328 g/mol. The van der Waals surface area contributed by atoms with Gasteiger partial charge in [-0.25, -0.2) is 0 Å². The largest absolute Gasteiger partial charge is 0.493 e. The van der Waals surface area contributed by atoms with Crippen molar-refractivity contribution >= 4 is 18.3 Å². The van der Waals surface area contributed by atoms with Crippen LogP contribution < -0.4 is 20.5 Å². The van der Waals surface area contributed by atoms with Crippen LogP contribution in [0.15, 0.2) is 18.2 Å². The Balaban J connectivity index is 0.00000529. The lowest BCUT2D eigenvalue weighted by Crippen LogP contribution is -2.40. The van der Waals surface area contributed by atoms with Crippen LogP contribution in [0.5, 0.6) is 11.5 Å². The van der Waals surface area contributed by atoms with E-state index >= 15 is 0 Å². The fourth-order valence-electron chi connectivity index (χ4n) is 2.11. The van der Waals surface area contributed by atoms with Crippen molar-refractivity contribution in [2.24, 2.45) is 11.7 Å². The smallest absolute Gasteiger partial charge is 0.237 e. The van der Waals surface area contributed by atoms with Gasteiger partial charge in [-0.1, -0.05) is 33.3 Å². The summed E-state index contributed by atoms with van der Waals surface area (Å²) in [4.78, 5) is 11.8. The van der Waals surface area contributed by atoms with Gasteiger partial charge >= 0.3 is 0 Å². The van der Waals surface area contributed by atoms with Crippen molar-refractivity contribution in [2.45, 2.75) is 52.6 Å². The number of halogens is 1. The number of hydrogen-bond acceptors (Lipinski definition) is 4. The molecule has 0 aromatic heterocycles. The zero-order valence-corrected chi connectivity index (χ0v) is 15.9. The van der Waals surface area contributed by atoms with Gasteiger partial charge in [0.1, 0.15) is 0 Å². The van der Waals surface area contributed by atoms with Crippen molar-refractivity contribution in [3.05, 3.63) is 23.8 Å². The second kappa shape index (κ2) is 12.0. The Bertz CT molecular complexity index is 495. The van der Waals surface area contributed by atoms with E-state index in [0.29, 0.717) is 31.2 Å². The molecule has 0 aliphatic rings. The van der Waals surface area contributed by atoms with Gasteiger partial charge in [0.05, 0.1) is 19.8 Å². The molecular formula is C18H31ClN2O3. The summed E-state index contributed by atoms with van der Waals surface area (Å²) >= 11 is 0. The maximum absolute atomic E-state index is 11.8. The van der Waals surface area contributed by atoms with Gasteiger partial charge in [0, 0.05) is 6.54 Å². The normalized spacial score (nSPS) is 11.6. The van der Waals surface area contributed by atoms with Gasteiger partial charge in [-0.2, -0.15) is 0 Å². The molecule has 0 fully saturated rings. The minimum absolute atomic E-state index is 0. The predicted molar refractivity (Wildman–Crippen MR) is 99.9 cm³/mol. The van der Waals surface area contributed by atoms with Crippen LogP contribution >= 0.6 is 12.4 Å². The molecule has 138 valence electrons. The van der Waals surface area contributed by atoms with Crippen LogP contribution in [0.4, 0.5) is 0 Å². The maximum Gasteiger partial charge on any atom is 0.237 e. The zero-order chi connectivity index (χ0) is 17.2. The third-order valence-corrected chi connectivity index (χ3v) is 3.58. The fourth-order valence-corrected chi connectivity index (χ4v) is 2.11. The molecule has 0 bridgehead atoms. The third-order valence-electron chi connectivity index (χ3n) is 3.58. The summed E-state index contributed by atoms with van der Waals surface area (Å²) in [6.07, 6.45) is 2.58. The van der Waals surface area contributed by atoms with Crippen LogP contribution in [0.3, 0.4) is 0 Å². The number of nitrogens with one attached hydrogen (secondary N) is 1. The number of amides is 1. The molecule has 1 atom stereocenters. The zero-order valence-electron chi connectivity index (χ0n) is 15.1. The van der Waals surface area contributed by atoms with Crippen LogP contribution in [-0.4, -0.2) is 25.7 Å². The minimum atomic E-state index is -0.444. The van der Waals surface area contributed by atoms with Crippen LogP contribution in [0, 0.1) is 5.92 Å². The summed E-state index contributed by atoms with van der Waals surface area (Å²) in [6, 6.07) is 5.25. The van der Waals surface area contributed by atoms with Crippen LogP contribution in [0.1, 0.15) is 45.6 Å². The molecule has 1 aromatic carbocycles. The quantitative estimate of drug-likeness (QED) is 0.673. The molecule has 6 heteroatoms. The van der Waals surface area contributed by atoms with Crippen LogP contribution in [0.2, 0.25) is 0 Å². The van der Waals surface area contributed by atoms with Crippen LogP contribution in [-0.2, 0) is 11.3 Å². The number of nitrogens with two attached hydrogens (primary N) is 1. The molecule has 3 N–H and O–H groups in total. The summed E-state index contributed by atoms with van der Waals surface area (Å²) in [5.41, 5.74) is 6.75. The number of benzene rings is 1. The molecule has 24 heavy (non-hydrogen) atoms. The number of carbonyl (C=O) groups excluding carboxylic acids is 1. The van der Waals surface area contributed by atoms with E-state index in [-0.39, 0.29) is 18.3 Å². The highest BCUT2D eigenvalue weighted by atomic mass is 35.5. The standard InChI is InChI=1S/C18H30N2O3.ClH/c1-5-6-15(19)18(21)20-12-14-7-8-16(17(11-14)22-4)23-10-9-13(2)3;/h7-8,11,13,15H,5-6,9-10,12,19H2,1-4H3,(H,20,21);1H. The summed E-state index contributed by atoms with van der Waals surface area (Å²) in [5.74, 6) is 1.88. The summed E-state index contributed by atoms with van der Waals surface area (Å²) in [7, 11) is 1.62. The van der Waals surface area contributed by atoms with Crippen molar-refractivity contribution in [2.75, 3.05) is 13.7 Å². The van der Waals surface area contributed by atoms with Gasteiger partial charge in [0.25, 0.3) is 0 Å². The van der Waals surface area contributed by atoms with E-state index in [1.807, 2.05) is 25.1 Å². The highest BCUT2D eigenvalue weighted by molar-refractivity contribution is 5.85. The van der Waals surface area contributed by atoms with Crippen molar-refractivity contribution in [3.8, 4) is 11.5 Å². The van der Waals surface area contributed by atoms with E-state index in [2.05, 4.69) is 19.2 Å². The summed E-state index contributed by atoms with van der Waals surface area (Å²) in [5, 5.41) is 2.85. The number of rotatable bonds is 10. The number of carbonyl (C=O) groups is 1. The summed E-state index contributed by atoms with van der Waals surface area (Å²) < 4.78 is 11.1. The molecule has 1 aromatic rings. The highest BCUT2D eigenvalue weighted by Gasteiger charge is 2.12. The van der Waals surface area contributed by atoms with Gasteiger partial charge < -0.3 is 20.5 Å². The van der Waals surface area contributed by atoms with Crippen molar-refractivity contribution in [1.82, 2.24) is 5.32 Å². The van der Waals surface area contributed by atoms with E-state index in [0.717, 1.165) is 24.2 Å². The Labute approximate surface area is 151 Å². The fraction of sp³-hybridized carbons (Fsp3) is 0.611. The van der Waals surface area contributed by atoms with E-state index < -0.39 is 6.04 Å². The molecule has 0 radical (unpaired) electrons. The molecule has 1 amide bonds. The number of hydrogen-bond donors (Lipinski definition) is 2. The average Bonchev–Trinajstić information content (AvgIpc) is 2.53. The second-order valence-corrected chi connectivity index (χ2v) is 6.13. The third kappa shape index (κ3) is 7.88. The molecule has 0 spiro atoms. The monoisotopic (exact) mass is 358 g/mol. The molecule has 1 unspecified atom stereocenters. The van der Waals surface area contributed by atoms with E-state index in [1.54, 1.807) is 7.11 Å². The Morgan fingerprint density at radius 1 is 1.25 bits per heavy atom. The van der Waals surface area contributed by atoms with E-state index in [4.69, 9.17) is 15.2 Å². The van der Waals surface area contributed by atoms with Gasteiger partial charge in [0.15, 0.2) is 11.5 Å². The lowest BCUT2D eigenvalue weighted by Gasteiger charge is -2.14. The lowest BCUT2D eigenvalue weighted by atomic mass is 10.1. The van der Waals surface area contributed by atoms with E-state index in [1.165, 1.54) is 0 Å². The molecule has 0 saturated heterocycles. The first-order valence-electron chi connectivity index (χ1n) is 8.30. The molecule has 1 rings (SSSR count). The first-order valence-corrected chi connectivity index (χ1v) is 8.30. The minimum Gasteiger partial charge on any atom is -0.493 e. The van der Waals surface area contributed by atoms with Crippen molar-refractivity contribution < 1.29 is 14.3 Å². The Kier molecular flexibility index (Phi) is 11.3. The maximum atomic E-state index is 11.8.